The molecule has 0 spiro atoms. The predicted molar refractivity (Wildman–Crippen MR) is 47.8 cm³/mol. The van der Waals surface area contributed by atoms with Gasteiger partial charge in [-0.3, -0.25) is 4.58 Å². The molecule has 1 heterocycles. The SMILES string of the molecule is C=CN1C(C)=[N+](C)C(C)C1C. The molecule has 11 heavy (non-hydrogen) atoms. The lowest BCUT2D eigenvalue weighted by Crippen LogP contribution is -2.31. The third-order valence-electron chi connectivity index (χ3n) is 2.83. The molecule has 0 fully saturated rings. The fourth-order valence-electron chi connectivity index (χ4n) is 1.63. The molecule has 1 aliphatic rings. The van der Waals surface area contributed by atoms with Gasteiger partial charge in [0.25, 0.3) is 0 Å². The van der Waals surface area contributed by atoms with Crippen molar-refractivity contribution in [2.75, 3.05) is 7.05 Å². The average molecular weight is 153 g/mol. The number of nitrogens with zero attached hydrogens (tertiary/aromatic N) is 2. The molecule has 2 unspecified atom stereocenters. The molecule has 1 aliphatic heterocycles. The molecule has 0 N–H and O–H groups in total. The van der Waals surface area contributed by atoms with E-state index in [9.17, 15) is 0 Å². The molecule has 0 aliphatic carbocycles. The maximum Gasteiger partial charge on any atom is 0.248 e. The number of amidine groups is 1. The molecule has 0 radical (unpaired) electrons. The molecular weight excluding hydrogens is 136 g/mol. The van der Waals surface area contributed by atoms with Gasteiger partial charge in [-0.05, 0) is 13.8 Å². The van der Waals surface area contributed by atoms with Gasteiger partial charge >= 0.3 is 0 Å². The zero-order valence-electron chi connectivity index (χ0n) is 7.83. The summed E-state index contributed by atoms with van der Waals surface area (Å²) in [6.45, 7) is 10.4. The van der Waals surface area contributed by atoms with Crippen LogP contribution in [0.4, 0.5) is 0 Å². The normalized spacial score (nSPS) is 31.5. The van der Waals surface area contributed by atoms with Gasteiger partial charge in [0.05, 0.1) is 13.2 Å². The van der Waals surface area contributed by atoms with Gasteiger partial charge in [0.1, 0.15) is 12.1 Å². The van der Waals surface area contributed by atoms with Crippen molar-refractivity contribution in [3.63, 3.8) is 0 Å². The summed E-state index contributed by atoms with van der Waals surface area (Å²) in [7, 11) is 2.12. The van der Waals surface area contributed by atoms with Crippen molar-refractivity contribution in [1.82, 2.24) is 4.90 Å². The Morgan fingerprint density at radius 1 is 1.55 bits per heavy atom. The number of hydrogen-bond acceptors (Lipinski definition) is 1. The van der Waals surface area contributed by atoms with Gasteiger partial charge in [0.2, 0.25) is 5.84 Å². The molecule has 0 bridgehead atoms. The summed E-state index contributed by atoms with van der Waals surface area (Å²) in [6, 6.07) is 1.14. The van der Waals surface area contributed by atoms with Gasteiger partial charge in [-0.2, -0.15) is 0 Å². The molecule has 62 valence electrons. The first-order valence-electron chi connectivity index (χ1n) is 4.07. The Morgan fingerprint density at radius 2 is 2.09 bits per heavy atom. The molecule has 0 aromatic rings. The van der Waals surface area contributed by atoms with Crippen LogP contribution in [-0.4, -0.2) is 34.4 Å². The van der Waals surface area contributed by atoms with Crippen LogP contribution < -0.4 is 0 Å². The topological polar surface area (TPSA) is 6.25 Å². The van der Waals surface area contributed by atoms with E-state index < -0.39 is 0 Å². The van der Waals surface area contributed by atoms with Crippen LogP contribution in [-0.2, 0) is 0 Å². The second-order valence-corrected chi connectivity index (χ2v) is 3.23. The summed E-state index contributed by atoms with van der Waals surface area (Å²) in [6.07, 6.45) is 1.90. The summed E-state index contributed by atoms with van der Waals surface area (Å²) in [5.41, 5.74) is 0. The Bertz CT molecular complexity index is 206. The standard InChI is InChI=1S/C9H17N2/c1-6-11-8(3)7(2)10(5)9(11)4/h6-8H,1H2,2-5H3/q+1. The van der Waals surface area contributed by atoms with Gasteiger partial charge in [0.15, 0.2) is 0 Å². The smallest absolute Gasteiger partial charge is 0.248 e. The molecule has 2 heteroatoms. The van der Waals surface area contributed by atoms with Crippen LogP contribution in [0.15, 0.2) is 12.8 Å². The Hall–Kier alpha value is -0.790. The minimum Gasteiger partial charge on any atom is -0.262 e. The van der Waals surface area contributed by atoms with Crippen LogP contribution in [0, 0.1) is 0 Å². The molecule has 0 aromatic heterocycles. The van der Waals surface area contributed by atoms with Crippen molar-refractivity contribution in [2.45, 2.75) is 32.9 Å². The highest BCUT2D eigenvalue weighted by molar-refractivity contribution is 5.77. The highest BCUT2D eigenvalue weighted by Gasteiger charge is 2.36. The Balaban J connectivity index is 2.94. The molecule has 2 atom stereocenters. The molecule has 0 saturated heterocycles. The lowest BCUT2D eigenvalue weighted by atomic mass is 10.2. The second kappa shape index (κ2) is 2.68. The lowest BCUT2D eigenvalue weighted by molar-refractivity contribution is -0.527. The van der Waals surface area contributed by atoms with Gasteiger partial charge in [-0.15, -0.1) is 0 Å². The third-order valence-corrected chi connectivity index (χ3v) is 2.83. The molecule has 0 amide bonds. The van der Waals surface area contributed by atoms with Crippen molar-refractivity contribution >= 4 is 5.84 Å². The van der Waals surface area contributed by atoms with E-state index in [0.717, 1.165) is 0 Å². The summed E-state index contributed by atoms with van der Waals surface area (Å²) >= 11 is 0. The van der Waals surface area contributed by atoms with Gasteiger partial charge in [0, 0.05) is 6.92 Å². The number of likely N-dealkylation sites (N-methyl/N-ethyl adjacent to an activating group) is 1. The fourth-order valence-corrected chi connectivity index (χ4v) is 1.63. The summed E-state index contributed by atoms with van der Waals surface area (Å²) < 4.78 is 2.28. The van der Waals surface area contributed by atoms with Gasteiger partial charge in [-0.25, -0.2) is 4.90 Å². The van der Waals surface area contributed by atoms with Gasteiger partial charge < -0.3 is 0 Å². The number of hydrogen-bond donors (Lipinski definition) is 0. The Morgan fingerprint density at radius 3 is 2.27 bits per heavy atom. The first-order valence-corrected chi connectivity index (χ1v) is 4.07. The zero-order chi connectivity index (χ0) is 8.59. The minimum atomic E-state index is 0.553. The fraction of sp³-hybridized carbons (Fsp3) is 0.667. The first-order chi connectivity index (χ1) is 5.09. The number of rotatable bonds is 1. The van der Waals surface area contributed by atoms with Crippen LogP contribution in [0.3, 0.4) is 0 Å². The van der Waals surface area contributed by atoms with Crippen molar-refractivity contribution in [3.05, 3.63) is 12.8 Å². The van der Waals surface area contributed by atoms with E-state index in [4.69, 9.17) is 0 Å². The van der Waals surface area contributed by atoms with E-state index in [0.29, 0.717) is 12.1 Å². The molecule has 2 nitrogen and oxygen atoms in total. The Labute approximate surface area is 68.8 Å². The minimum absolute atomic E-state index is 0.553. The third kappa shape index (κ3) is 1.06. The highest BCUT2D eigenvalue weighted by Crippen LogP contribution is 2.15. The van der Waals surface area contributed by atoms with Crippen molar-refractivity contribution in [1.29, 1.82) is 0 Å². The van der Waals surface area contributed by atoms with E-state index in [2.05, 4.69) is 43.9 Å². The monoisotopic (exact) mass is 153 g/mol. The first kappa shape index (κ1) is 8.31. The van der Waals surface area contributed by atoms with E-state index in [-0.39, 0.29) is 0 Å². The van der Waals surface area contributed by atoms with Crippen LogP contribution in [0.2, 0.25) is 0 Å². The quantitative estimate of drug-likeness (QED) is 0.514. The Kier molecular flexibility index (Phi) is 2.03. The van der Waals surface area contributed by atoms with E-state index >= 15 is 0 Å². The molecule has 0 aromatic carbocycles. The maximum atomic E-state index is 3.79. The van der Waals surface area contributed by atoms with Crippen LogP contribution in [0.1, 0.15) is 20.8 Å². The summed E-state index contributed by atoms with van der Waals surface area (Å²) in [4.78, 5) is 2.21. The van der Waals surface area contributed by atoms with Crippen LogP contribution >= 0.6 is 0 Å². The van der Waals surface area contributed by atoms with Gasteiger partial charge in [-0.1, -0.05) is 6.58 Å². The second-order valence-electron chi connectivity index (χ2n) is 3.23. The largest absolute Gasteiger partial charge is 0.262 e. The summed E-state index contributed by atoms with van der Waals surface area (Å²) in [5.74, 6) is 1.29. The van der Waals surface area contributed by atoms with Crippen LogP contribution in [0.25, 0.3) is 0 Å². The van der Waals surface area contributed by atoms with E-state index in [1.165, 1.54) is 5.84 Å². The van der Waals surface area contributed by atoms with E-state index in [1.807, 2.05) is 6.20 Å². The van der Waals surface area contributed by atoms with Crippen molar-refractivity contribution in [3.8, 4) is 0 Å². The van der Waals surface area contributed by atoms with E-state index in [1.54, 1.807) is 0 Å². The molecule has 0 saturated carbocycles. The average Bonchev–Trinajstić information content (AvgIpc) is 2.17. The van der Waals surface area contributed by atoms with Crippen LogP contribution in [0.5, 0.6) is 0 Å². The summed E-state index contributed by atoms with van der Waals surface area (Å²) in [5, 5.41) is 0. The van der Waals surface area contributed by atoms with Crippen molar-refractivity contribution < 1.29 is 4.58 Å². The predicted octanol–water partition coefficient (Wildman–Crippen LogP) is 1.28. The zero-order valence-corrected chi connectivity index (χ0v) is 7.83. The molecule has 1 rings (SSSR count). The van der Waals surface area contributed by atoms with Crippen molar-refractivity contribution in [2.24, 2.45) is 0 Å². The lowest BCUT2D eigenvalue weighted by Gasteiger charge is -2.12. The highest BCUT2D eigenvalue weighted by atomic mass is 15.3. The maximum absolute atomic E-state index is 3.79. The molecular formula is C9H17N2+.